The Balaban J connectivity index is 0.000000291. The number of nitrogens with zero attached hydrogens (tertiary/aromatic N) is 1. The number of hydrogen-bond donors (Lipinski definition) is 5. The number of methoxy groups -OCH3 is 1. The highest BCUT2D eigenvalue weighted by atomic mass is 16.5. The minimum Gasteiger partial charge on any atom is -0.497 e. The summed E-state index contributed by atoms with van der Waals surface area (Å²) < 4.78 is 7.63. The van der Waals surface area contributed by atoms with E-state index in [9.17, 15) is 9.59 Å². The standard InChI is InChI=1S/C18H20N2O.C4H6O6/c1-21-16-7-8-18-17(11-16)15(9-10-19)13-20(18)12-14-5-3-2-4-6-14;5-1(3(7)8)2(6)4(9)10/h2-8,11,13H,9-10,12,19H2,1H3;1-2,5-6H,(H,7,8)(H,9,10). The third-order valence-corrected chi connectivity index (χ3v) is 4.59. The number of ether oxygens (including phenoxy) is 1. The molecule has 1 aromatic heterocycles. The second-order valence-corrected chi connectivity index (χ2v) is 6.76. The highest BCUT2D eigenvalue weighted by Gasteiger charge is 2.29. The smallest absolute Gasteiger partial charge is 0.335 e. The van der Waals surface area contributed by atoms with E-state index in [0.717, 1.165) is 18.7 Å². The third kappa shape index (κ3) is 6.29. The molecule has 0 spiro atoms. The average molecular weight is 430 g/mol. The summed E-state index contributed by atoms with van der Waals surface area (Å²) in [5.74, 6) is -2.65. The first-order chi connectivity index (χ1) is 14.8. The Morgan fingerprint density at radius 2 is 1.65 bits per heavy atom. The summed E-state index contributed by atoms with van der Waals surface area (Å²) >= 11 is 0. The lowest BCUT2D eigenvalue weighted by molar-refractivity contribution is -0.165. The Morgan fingerprint density at radius 3 is 2.16 bits per heavy atom. The van der Waals surface area contributed by atoms with Gasteiger partial charge < -0.3 is 35.5 Å². The van der Waals surface area contributed by atoms with E-state index in [4.69, 9.17) is 30.9 Å². The van der Waals surface area contributed by atoms with E-state index in [2.05, 4.69) is 47.2 Å². The van der Waals surface area contributed by atoms with Crippen molar-refractivity contribution in [2.45, 2.75) is 25.2 Å². The van der Waals surface area contributed by atoms with Crippen molar-refractivity contribution in [3.63, 3.8) is 0 Å². The van der Waals surface area contributed by atoms with Crippen LogP contribution < -0.4 is 10.5 Å². The molecule has 31 heavy (non-hydrogen) atoms. The van der Waals surface area contributed by atoms with Crippen molar-refractivity contribution in [2.24, 2.45) is 5.73 Å². The SMILES string of the molecule is COc1ccc2c(c1)c(CCN)cn2Cc1ccccc1.O=C(O)C(O)C(O)C(=O)O. The van der Waals surface area contributed by atoms with Crippen molar-refractivity contribution in [3.8, 4) is 5.75 Å². The van der Waals surface area contributed by atoms with E-state index >= 15 is 0 Å². The second kappa shape index (κ2) is 11.1. The molecule has 0 aliphatic carbocycles. The van der Waals surface area contributed by atoms with Gasteiger partial charge in [-0.3, -0.25) is 0 Å². The van der Waals surface area contributed by atoms with E-state index in [1.54, 1.807) is 7.11 Å². The number of carbonyl (C=O) groups is 2. The van der Waals surface area contributed by atoms with Crippen LogP contribution in [0.4, 0.5) is 0 Å². The number of nitrogens with two attached hydrogens (primary N) is 1. The summed E-state index contributed by atoms with van der Waals surface area (Å²) in [6, 6.07) is 16.7. The normalized spacial score (nSPS) is 12.5. The minimum absolute atomic E-state index is 0.654. The number of rotatable bonds is 8. The zero-order chi connectivity index (χ0) is 23.0. The third-order valence-electron chi connectivity index (χ3n) is 4.59. The Kier molecular flexibility index (Phi) is 8.56. The predicted molar refractivity (Wildman–Crippen MR) is 114 cm³/mol. The van der Waals surface area contributed by atoms with Crippen molar-refractivity contribution in [1.29, 1.82) is 0 Å². The fraction of sp³-hybridized carbons (Fsp3) is 0.273. The highest BCUT2D eigenvalue weighted by Crippen LogP contribution is 2.27. The van der Waals surface area contributed by atoms with Gasteiger partial charge in [0.25, 0.3) is 0 Å². The average Bonchev–Trinajstić information content (AvgIpc) is 3.10. The molecule has 2 aromatic carbocycles. The zero-order valence-electron chi connectivity index (χ0n) is 17.0. The number of benzene rings is 2. The van der Waals surface area contributed by atoms with Crippen LogP contribution in [0, 0.1) is 0 Å². The molecule has 0 bridgehead atoms. The van der Waals surface area contributed by atoms with Crippen LogP contribution in [0.25, 0.3) is 10.9 Å². The molecular weight excluding hydrogens is 404 g/mol. The number of carboxylic acids is 2. The first-order valence-corrected chi connectivity index (χ1v) is 9.50. The molecule has 0 saturated carbocycles. The maximum Gasteiger partial charge on any atom is 0.335 e. The molecule has 0 radical (unpaired) electrons. The van der Waals surface area contributed by atoms with Gasteiger partial charge in [-0.1, -0.05) is 30.3 Å². The van der Waals surface area contributed by atoms with Gasteiger partial charge in [0.2, 0.25) is 0 Å². The van der Waals surface area contributed by atoms with Gasteiger partial charge in [0.1, 0.15) is 5.75 Å². The van der Waals surface area contributed by atoms with Crippen LogP contribution in [0.2, 0.25) is 0 Å². The molecule has 2 unspecified atom stereocenters. The Bertz CT molecular complexity index is 999. The quantitative estimate of drug-likeness (QED) is 0.355. The number of carboxylic acid groups (broad SMARTS) is 2. The van der Waals surface area contributed by atoms with E-state index in [1.165, 1.54) is 22.0 Å². The van der Waals surface area contributed by atoms with Crippen molar-refractivity contribution >= 4 is 22.8 Å². The van der Waals surface area contributed by atoms with Gasteiger partial charge >= 0.3 is 11.9 Å². The molecule has 9 nitrogen and oxygen atoms in total. The molecule has 0 aliphatic rings. The van der Waals surface area contributed by atoms with E-state index < -0.39 is 24.1 Å². The lowest BCUT2D eigenvalue weighted by Crippen LogP contribution is -2.39. The van der Waals surface area contributed by atoms with Crippen LogP contribution in [-0.4, -0.2) is 62.8 Å². The molecule has 3 rings (SSSR count). The van der Waals surface area contributed by atoms with E-state index in [-0.39, 0.29) is 0 Å². The molecular formula is C22H26N2O7. The monoisotopic (exact) mass is 430 g/mol. The van der Waals surface area contributed by atoms with E-state index in [1.807, 2.05) is 12.1 Å². The topological polar surface area (TPSA) is 155 Å². The van der Waals surface area contributed by atoms with Gasteiger partial charge in [-0.25, -0.2) is 9.59 Å². The van der Waals surface area contributed by atoms with Crippen LogP contribution in [0.15, 0.2) is 54.7 Å². The number of hydrogen-bond acceptors (Lipinski definition) is 6. The summed E-state index contributed by atoms with van der Waals surface area (Å²) in [5, 5.41) is 33.8. The summed E-state index contributed by atoms with van der Waals surface area (Å²) in [7, 11) is 1.70. The van der Waals surface area contributed by atoms with Gasteiger partial charge in [-0.2, -0.15) is 0 Å². The maximum absolute atomic E-state index is 9.77. The first-order valence-electron chi connectivity index (χ1n) is 9.50. The molecule has 2 atom stereocenters. The molecule has 0 aliphatic heterocycles. The fourth-order valence-electron chi connectivity index (χ4n) is 3.01. The molecule has 1 heterocycles. The number of aromatic nitrogens is 1. The molecule has 0 saturated heterocycles. The van der Waals surface area contributed by atoms with Crippen LogP contribution in [0.1, 0.15) is 11.1 Å². The molecule has 3 aromatic rings. The van der Waals surface area contributed by atoms with Crippen LogP contribution in [0.3, 0.4) is 0 Å². The maximum atomic E-state index is 9.77. The van der Waals surface area contributed by atoms with Crippen molar-refractivity contribution in [2.75, 3.05) is 13.7 Å². The van der Waals surface area contributed by atoms with Gasteiger partial charge in [0.05, 0.1) is 7.11 Å². The van der Waals surface area contributed by atoms with Crippen molar-refractivity contribution < 1.29 is 34.8 Å². The Labute approximate surface area is 178 Å². The molecule has 6 N–H and O–H groups in total. The van der Waals surface area contributed by atoms with Crippen molar-refractivity contribution in [1.82, 2.24) is 4.57 Å². The Hall–Kier alpha value is -3.40. The number of fused-ring (bicyclic) bond motifs is 1. The summed E-state index contributed by atoms with van der Waals surface area (Å²) in [6.07, 6.45) is -1.44. The second-order valence-electron chi connectivity index (χ2n) is 6.76. The van der Waals surface area contributed by atoms with Gasteiger partial charge in [-0.05, 0) is 42.3 Å². The zero-order valence-corrected chi connectivity index (χ0v) is 17.0. The number of aliphatic hydroxyl groups is 2. The number of aliphatic carboxylic acids is 2. The van der Waals surface area contributed by atoms with Gasteiger partial charge in [0, 0.05) is 23.6 Å². The highest BCUT2D eigenvalue weighted by molar-refractivity contribution is 5.85. The van der Waals surface area contributed by atoms with Crippen LogP contribution in [-0.2, 0) is 22.6 Å². The van der Waals surface area contributed by atoms with Crippen molar-refractivity contribution in [3.05, 3.63) is 65.9 Å². The lowest BCUT2D eigenvalue weighted by atomic mass is 10.1. The molecule has 0 fully saturated rings. The van der Waals surface area contributed by atoms with Crippen LogP contribution >= 0.6 is 0 Å². The molecule has 166 valence electrons. The fourth-order valence-corrected chi connectivity index (χ4v) is 3.01. The van der Waals surface area contributed by atoms with Gasteiger partial charge in [-0.15, -0.1) is 0 Å². The summed E-state index contributed by atoms with van der Waals surface area (Å²) in [4.78, 5) is 19.5. The lowest BCUT2D eigenvalue weighted by Gasteiger charge is -2.07. The number of aliphatic hydroxyl groups excluding tert-OH is 2. The summed E-state index contributed by atoms with van der Waals surface area (Å²) in [6.45, 7) is 1.52. The van der Waals surface area contributed by atoms with E-state index in [0.29, 0.717) is 6.54 Å². The molecule has 0 amide bonds. The first kappa shape index (κ1) is 23.9. The predicted octanol–water partition coefficient (Wildman–Crippen LogP) is 1.08. The largest absolute Gasteiger partial charge is 0.497 e. The Morgan fingerprint density at radius 1 is 1.03 bits per heavy atom. The molecule has 9 heteroatoms. The van der Waals surface area contributed by atoms with Gasteiger partial charge in [0.15, 0.2) is 12.2 Å². The minimum atomic E-state index is -2.27. The van der Waals surface area contributed by atoms with Crippen LogP contribution in [0.5, 0.6) is 5.75 Å². The summed E-state index contributed by atoms with van der Waals surface area (Å²) in [5.41, 5.74) is 9.54.